The van der Waals surface area contributed by atoms with Crippen molar-refractivity contribution in [3.8, 4) is 0 Å². The van der Waals surface area contributed by atoms with E-state index in [-0.39, 0.29) is 0 Å². The van der Waals surface area contributed by atoms with E-state index in [1.165, 1.54) is 12.1 Å². The molecular weight excluding hydrogens is 210 g/mol. The first-order valence-corrected chi connectivity index (χ1v) is 6.73. The molecule has 3 nitrogen and oxygen atoms in total. The Morgan fingerprint density at radius 1 is 1.47 bits per heavy atom. The maximum absolute atomic E-state index is 4.69. The van der Waals surface area contributed by atoms with Gasteiger partial charge in [0.1, 0.15) is 0 Å². The third-order valence-corrected chi connectivity index (χ3v) is 3.77. The van der Waals surface area contributed by atoms with Gasteiger partial charge in [0.05, 0.1) is 5.69 Å². The summed E-state index contributed by atoms with van der Waals surface area (Å²) in [6.45, 7) is 10.0. The van der Waals surface area contributed by atoms with E-state index in [0.717, 1.165) is 19.4 Å². The molecule has 98 valence electrons. The molecule has 0 bridgehead atoms. The number of hydrogen-bond acceptors (Lipinski definition) is 2. The number of rotatable bonds is 7. The summed E-state index contributed by atoms with van der Waals surface area (Å²) in [5.74, 6) is 0. The third kappa shape index (κ3) is 3.84. The molecule has 1 rings (SSSR count). The monoisotopic (exact) mass is 237 g/mol. The van der Waals surface area contributed by atoms with Gasteiger partial charge >= 0.3 is 0 Å². The highest BCUT2D eigenvalue weighted by molar-refractivity contribution is 5.03. The molecule has 1 N–H and O–H groups in total. The average Bonchev–Trinajstić information content (AvgIpc) is 2.76. The van der Waals surface area contributed by atoms with Crippen molar-refractivity contribution in [3.05, 3.63) is 18.0 Å². The van der Waals surface area contributed by atoms with Gasteiger partial charge in [-0.15, -0.1) is 0 Å². The molecule has 0 fully saturated rings. The molecule has 1 aromatic heterocycles. The van der Waals surface area contributed by atoms with E-state index in [2.05, 4.69) is 55.1 Å². The van der Waals surface area contributed by atoms with Gasteiger partial charge in [-0.25, -0.2) is 0 Å². The summed E-state index contributed by atoms with van der Waals surface area (Å²) in [5.41, 5.74) is 1.52. The minimum absolute atomic E-state index is 0.309. The van der Waals surface area contributed by atoms with Gasteiger partial charge in [0.25, 0.3) is 0 Å². The highest BCUT2D eigenvalue weighted by Gasteiger charge is 2.23. The molecule has 3 heteroatoms. The minimum atomic E-state index is 0.309. The topological polar surface area (TPSA) is 29.9 Å². The van der Waals surface area contributed by atoms with Gasteiger partial charge in [-0.2, -0.15) is 5.10 Å². The quantitative estimate of drug-likeness (QED) is 0.790. The van der Waals surface area contributed by atoms with Crippen molar-refractivity contribution in [3.63, 3.8) is 0 Å². The summed E-state index contributed by atoms with van der Waals surface area (Å²) in [6, 6.07) is 2.66. The molecule has 0 aliphatic carbocycles. The van der Waals surface area contributed by atoms with Gasteiger partial charge in [0.15, 0.2) is 0 Å². The Bertz CT molecular complexity index is 332. The minimum Gasteiger partial charge on any atom is -0.319 e. The molecule has 2 atom stereocenters. The SMILES string of the molecule is CCC(C)n1ccc(CC(C)(CC)CNC)n1. The molecule has 0 saturated heterocycles. The molecule has 0 amide bonds. The zero-order valence-corrected chi connectivity index (χ0v) is 12.0. The van der Waals surface area contributed by atoms with Crippen LogP contribution in [0.1, 0.15) is 52.3 Å². The van der Waals surface area contributed by atoms with Crippen LogP contribution in [0.5, 0.6) is 0 Å². The third-order valence-electron chi connectivity index (χ3n) is 3.77. The summed E-state index contributed by atoms with van der Waals surface area (Å²) in [4.78, 5) is 0. The standard InChI is InChI=1S/C14H27N3/c1-6-12(3)17-9-8-13(16-17)10-14(4,7-2)11-15-5/h8-9,12,15H,6-7,10-11H2,1-5H3. The lowest BCUT2D eigenvalue weighted by Gasteiger charge is -2.27. The van der Waals surface area contributed by atoms with Crippen molar-refractivity contribution in [1.29, 1.82) is 0 Å². The van der Waals surface area contributed by atoms with Crippen LogP contribution in [0.4, 0.5) is 0 Å². The Morgan fingerprint density at radius 3 is 2.71 bits per heavy atom. The number of nitrogens with one attached hydrogen (secondary N) is 1. The van der Waals surface area contributed by atoms with Gasteiger partial charge in [0.2, 0.25) is 0 Å². The highest BCUT2D eigenvalue weighted by Crippen LogP contribution is 2.25. The number of aromatic nitrogens is 2. The van der Waals surface area contributed by atoms with Crippen molar-refractivity contribution in [2.45, 2.75) is 53.0 Å². The second-order valence-corrected chi connectivity index (χ2v) is 5.42. The van der Waals surface area contributed by atoms with Crippen molar-refractivity contribution in [2.24, 2.45) is 5.41 Å². The molecule has 0 radical (unpaired) electrons. The fraction of sp³-hybridized carbons (Fsp3) is 0.786. The van der Waals surface area contributed by atoms with Crippen molar-refractivity contribution in [2.75, 3.05) is 13.6 Å². The molecular formula is C14H27N3. The molecule has 0 saturated carbocycles. The van der Waals surface area contributed by atoms with E-state index < -0.39 is 0 Å². The lowest BCUT2D eigenvalue weighted by Crippen LogP contribution is -2.31. The van der Waals surface area contributed by atoms with Crippen LogP contribution in [0, 0.1) is 5.41 Å². The van der Waals surface area contributed by atoms with Crippen LogP contribution in [0.3, 0.4) is 0 Å². The molecule has 0 aliphatic heterocycles. The van der Waals surface area contributed by atoms with E-state index in [1.807, 2.05) is 7.05 Å². The summed E-state index contributed by atoms with van der Waals surface area (Å²) >= 11 is 0. The summed E-state index contributed by atoms with van der Waals surface area (Å²) in [7, 11) is 2.02. The zero-order valence-electron chi connectivity index (χ0n) is 12.0. The van der Waals surface area contributed by atoms with E-state index in [0.29, 0.717) is 11.5 Å². The molecule has 17 heavy (non-hydrogen) atoms. The lowest BCUT2D eigenvalue weighted by atomic mass is 9.83. The largest absolute Gasteiger partial charge is 0.319 e. The van der Waals surface area contributed by atoms with Crippen LogP contribution < -0.4 is 5.32 Å². The number of nitrogens with zero attached hydrogens (tertiary/aromatic N) is 2. The summed E-state index contributed by atoms with van der Waals surface area (Å²) in [6.07, 6.45) is 5.46. The molecule has 1 aromatic rings. The van der Waals surface area contributed by atoms with Gasteiger partial charge in [-0.3, -0.25) is 4.68 Å². The summed E-state index contributed by atoms with van der Waals surface area (Å²) < 4.78 is 2.09. The van der Waals surface area contributed by atoms with E-state index in [4.69, 9.17) is 0 Å². The van der Waals surface area contributed by atoms with Gasteiger partial charge in [-0.05, 0) is 44.7 Å². The Hall–Kier alpha value is -0.830. The predicted octanol–water partition coefficient (Wildman–Crippen LogP) is 3.03. The van der Waals surface area contributed by atoms with E-state index in [1.54, 1.807) is 0 Å². The molecule has 1 heterocycles. The predicted molar refractivity (Wildman–Crippen MR) is 73.3 cm³/mol. The van der Waals surface area contributed by atoms with Crippen LogP contribution in [0.2, 0.25) is 0 Å². The molecule has 0 aliphatic rings. The van der Waals surface area contributed by atoms with Crippen LogP contribution in [-0.4, -0.2) is 23.4 Å². The van der Waals surface area contributed by atoms with E-state index in [9.17, 15) is 0 Å². The fourth-order valence-electron chi connectivity index (χ4n) is 2.08. The van der Waals surface area contributed by atoms with Crippen molar-refractivity contribution < 1.29 is 0 Å². The molecule has 2 unspecified atom stereocenters. The van der Waals surface area contributed by atoms with Crippen LogP contribution >= 0.6 is 0 Å². The fourth-order valence-corrected chi connectivity index (χ4v) is 2.08. The molecule has 0 spiro atoms. The van der Waals surface area contributed by atoms with Crippen LogP contribution in [0.15, 0.2) is 12.3 Å². The summed E-state index contributed by atoms with van der Waals surface area (Å²) in [5, 5.41) is 7.97. The number of hydrogen-bond donors (Lipinski definition) is 1. The van der Waals surface area contributed by atoms with Gasteiger partial charge < -0.3 is 5.32 Å². The maximum Gasteiger partial charge on any atom is 0.0630 e. The maximum atomic E-state index is 4.69. The Morgan fingerprint density at radius 2 is 2.18 bits per heavy atom. The lowest BCUT2D eigenvalue weighted by molar-refractivity contribution is 0.294. The average molecular weight is 237 g/mol. The van der Waals surface area contributed by atoms with Crippen molar-refractivity contribution in [1.82, 2.24) is 15.1 Å². The molecule has 0 aromatic carbocycles. The Kier molecular flexibility index (Phi) is 5.19. The van der Waals surface area contributed by atoms with E-state index >= 15 is 0 Å². The van der Waals surface area contributed by atoms with Gasteiger partial charge in [0, 0.05) is 18.8 Å². The van der Waals surface area contributed by atoms with Crippen LogP contribution in [-0.2, 0) is 6.42 Å². The van der Waals surface area contributed by atoms with Crippen molar-refractivity contribution >= 4 is 0 Å². The second kappa shape index (κ2) is 6.20. The highest BCUT2D eigenvalue weighted by atomic mass is 15.3. The Labute approximate surface area is 106 Å². The zero-order chi connectivity index (χ0) is 12.9. The van der Waals surface area contributed by atoms with Gasteiger partial charge in [-0.1, -0.05) is 20.8 Å². The first-order chi connectivity index (χ1) is 8.04. The smallest absolute Gasteiger partial charge is 0.0630 e. The van der Waals surface area contributed by atoms with Crippen LogP contribution in [0.25, 0.3) is 0 Å². The normalized spacial score (nSPS) is 16.8. The second-order valence-electron chi connectivity index (χ2n) is 5.42. The Balaban J connectivity index is 2.70. The first kappa shape index (κ1) is 14.2. The first-order valence-electron chi connectivity index (χ1n) is 6.73.